The summed E-state index contributed by atoms with van der Waals surface area (Å²) < 4.78 is 10.7. The first-order chi connectivity index (χ1) is 13.7. The maximum Gasteiger partial charge on any atom is 0.339 e. The molecule has 0 saturated carbocycles. The van der Waals surface area contributed by atoms with Crippen LogP contribution in [0, 0.1) is 0 Å². The maximum atomic E-state index is 12.4. The highest BCUT2D eigenvalue weighted by Crippen LogP contribution is 2.14. The fraction of sp³-hybridized carbons (Fsp3) is 0.667. The summed E-state index contributed by atoms with van der Waals surface area (Å²) in [7, 11) is 0. The molecule has 29 heavy (non-hydrogen) atoms. The number of rotatable bonds is 16. The predicted octanol–water partition coefficient (Wildman–Crippen LogP) is 6.88. The lowest BCUT2D eigenvalue weighted by Gasteiger charge is -2.10. The minimum atomic E-state index is -0.444. The van der Waals surface area contributed by atoms with E-state index < -0.39 is 11.9 Å². The van der Waals surface area contributed by atoms with Gasteiger partial charge in [0.25, 0.3) is 0 Å². The molecule has 0 heterocycles. The van der Waals surface area contributed by atoms with Gasteiger partial charge >= 0.3 is 11.9 Å². The van der Waals surface area contributed by atoms with Crippen molar-refractivity contribution in [1.29, 1.82) is 0 Å². The Morgan fingerprint density at radius 1 is 0.621 bits per heavy atom. The second kappa shape index (κ2) is 18.2. The summed E-state index contributed by atoms with van der Waals surface area (Å²) in [6.07, 6.45) is 13.6. The third kappa shape index (κ3) is 12.3. The monoisotopic (exact) mass is 407 g/mol. The number of hydrogen-bond acceptors (Lipinski definition) is 5. The lowest BCUT2D eigenvalue weighted by atomic mass is 10.1. The van der Waals surface area contributed by atoms with Gasteiger partial charge in [0.05, 0.1) is 24.3 Å². The fourth-order valence-corrected chi connectivity index (χ4v) is 3.09. The maximum absolute atomic E-state index is 12.4. The molecule has 0 aliphatic heterocycles. The lowest BCUT2D eigenvalue weighted by Crippen LogP contribution is -2.15. The van der Waals surface area contributed by atoms with E-state index in [-0.39, 0.29) is 6.15 Å². The Morgan fingerprint density at radius 2 is 0.966 bits per heavy atom. The van der Waals surface area contributed by atoms with Crippen molar-refractivity contribution in [3.05, 3.63) is 35.4 Å². The Labute approximate surface area is 177 Å². The molecule has 0 spiro atoms. The fourth-order valence-electron chi connectivity index (χ4n) is 3.09. The topological polar surface area (TPSA) is 87.6 Å². The van der Waals surface area contributed by atoms with Gasteiger partial charge in [-0.2, -0.15) is 0 Å². The number of hydrogen-bond donors (Lipinski definition) is 1. The van der Waals surface area contributed by atoms with Gasteiger partial charge in [-0.1, -0.05) is 90.2 Å². The van der Waals surface area contributed by atoms with Crippen LogP contribution in [0.1, 0.15) is 112 Å². The third-order valence-electron chi connectivity index (χ3n) is 4.83. The number of carbonyl (C=O) groups is 2. The Morgan fingerprint density at radius 3 is 1.34 bits per heavy atom. The van der Waals surface area contributed by atoms with Crippen LogP contribution in [0.3, 0.4) is 0 Å². The average Bonchev–Trinajstić information content (AvgIpc) is 2.72. The number of carbonyl (C=O) groups excluding carboxylic acids is 2. The molecule has 1 aromatic carbocycles. The van der Waals surface area contributed by atoms with Crippen LogP contribution in [-0.4, -0.2) is 25.2 Å². The highest BCUT2D eigenvalue weighted by atomic mass is 16.5. The molecule has 3 N–H and O–H groups in total. The molecule has 1 aromatic rings. The summed E-state index contributed by atoms with van der Waals surface area (Å²) in [5, 5.41) is 0. The Balaban J connectivity index is 0.00000784. The van der Waals surface area contributed by atoms with Gasteiger partial charge in [-0.15, -0.1) is 0 Å². The summed E-state index contributed by atoms with van der Waals surface area (Å²) in [6.45, 7) is 5.17. The van der Waals surface area contributed by atoms with Crippen LogP contribution in [0.4, 0.5) is 0 Å². The molecule has 0 fully saturated rings. The second-order valence-electron chi connectivity index (χ2n) is 7.35. The smallest absolute Gasteiger partial charge is 0.339 e. The van der Waals surface area contributed by atoms with Crippen LogP contribution in [0.15, 0.2) is 24.3 Å². The molecular formula is C24H41NO4. The number of esters is 2. The highest BCUT2D eigenvalue weighted by Gasteiger charge is 2.18. The first-order valence-corrected chi connectivity index (χ1v) is 11.1. The zero-order chi connectivity index (χ0) is 20.5. The molecule has 0 unspecified atom stereocenters. The van der Waals surface area contributed by atoms with Crippen molar-refractivity contribution in [2.24, 2.45) is 0 Å². The van der Waals surface area contributed by atoms with E-state index in [1.807, 2.05) is 0 Å². The van der Waals surface area contributed by atoms with E-state index in [4.69, 9.17) is 9.47 Å². The average molecular weight is 408 g/mol. The van der Waals surface area contributed by atoms with Crippen LogP contribution in [0.25, 0.3) is 0 Å². The summed E-state index contributed by atoms with van der Waals surface area (Å²) in [6, 6.07) is 6.74. The van der Waals surface area contributed by atoms with Crippen molar-refractivity contribution in [3.8, 4) is 0 Å². The van der Waals surface area contributed by atoms with Crippen LogP contribution in [-0.2, 0) is 9.47 Å². The second-order valence-corrected chi connectivity index (χ2v) is 7.35. The molecule has 0 bridgehead atoms. The number of ether oxygens (including phenoxy) is 2. The minimum Gasteiger partial charge on any atom is -0.462 e. The van der Waals surface area contributed by atoms with Crippen LogP contribution >= 0.6 is 0 Å². The van der Waals surface area contributed by atoms with Crippen molar-refractivity contribution in [3.63, 3.8) is 0 Å². The van der Waals surface area contributed by atoms with Gasteiger partial charge < -0.3 is 15.6 Å². The zero-order valence-corrected chi connectivity index (χ0v) is 18.5. The Bertz CT molecular complexity index is 511. The molecule has 1 rings (SSSR count). The molecule has 0 saturated heterocycles. The van der Waals surface area contributed by atoms with Crippen molar-refractivity contribution >= 4 is 11.9 Å². The Kier molecular flexibility index (Phi) is 17.0. The van der Waals surface area contributed by atoms with Gasteiger partial charge in [0, 0.05) is 0 Å². The van der Waals surface area contributed by atoms with Crippen LogP contribution < -0.4 is 6.15 Å². The SMILES string of the molecule is CCCCCCCCOC(=O)c1ccccc1C(=O)OCCCCCCCC.N. The van der Waals surface area contributed by atoms with E-state index in [0.717, 1.165) is 25.7 Å². The molecular weight excluding hydrogens is 366 g/mol. The predicted molar refractivity (Wildman–Crippen MR) is 119 cm³/mol. The van der Waals surface area contributed by atoms with Crippen molar-refractivity contribution in [2.75, 3.05) is 13.2 Å². The summed E-state index contributed by atoms with van der Waals surface area (Å²) in [4.78, 5) is 24.7. The van der Waals surface area contributed by atoms with Gasteiger partial charge in [-0.3, -0.25) is 0 Å². The third-order valence-corrected chi connectivity index (χ3v) is 4.83. The molecule has 5 heteroatoms. The molecule has 0 aliphatic carbocycles. The van der Waals surface area contributed by atoms with Gasteiger partial charge in [0.1, 0.15) is 0 Å². The van der Waals surface area contributed by atoms with E-state index in [9.17, 15) is 9.59 Å². The first kappa shape index (κ1) is 27.1. The highest BCUT2D eigenvalue weighted by molar-refractivity contribution is 6.03. The zero-order valence-electron chi connectivity index (χ0n) is 18.5. The normalized spacial score (nSPS) is 10.3. The van der Waals surface area contributed by atoms with E-state index in [1.165, 1.54) is 51.4 Å². The molecule has 0 radical (unpaired) electrons. The molecule has 0 aliphatic rings. The van der Waals surface area contributed by atoms with E-state index in [0.29, 0.717) is 24.3 Å². The van der Waals surface area contributed by atoms with Crippen molar-refractivity contribution < 1.29 is 19.1 Å². The minimum absolute atomic E-state index is 0. The Hall–Kier alpha value is -1.88. The van der Waals surface area contributed by atoms with E-state index in [2.05, 4.69) is 13.8 Å². The summed E-state index contributed by atoms with van der Waals surface area (Å²) in [5.74, 6) is -0.888. The van der Waals surface area contributed by atoms with E-state index in [1.54, 1.807) is 24.3 Å². The standard InChI is InChI=1S/C24H38O4.H3N/c1-3-5-7-9-11-15-19-27-23(25)21-17-13-14-18-22(21)24(26)28-20-16-12-10-8-6-4-2;/h13-14,17-18H,3-12,15-16,19-20H2,1-2H3;1H3. The van der Waals surface area contributed by atoms with E-state index >= 15 is 0 Å². The summed E-state index contributed by atoms with van der Waals surface area (Å²) in [5.41, 5.74) is 0.586. The van der Waals surface area contributed by atoms with Gasteiger partial charge in [0.2, 0.25) is 0 Å². The van der Waals surface area contributed by atoms with Gasteiger partial charge in [-0.05, 0) is 25.0 Å². The number of benzene rings is 1. The lowest BCUT2D eigenvalue weighted by molar-refractivity contribution is 0.0450. The van der Waals surface area contributed by atoms with Crippen LogP contribution in [0.2, 0.25) is 0 Å². The van der Waals surface area contributed by atoms with Crippen LogP contribution in [0.5, 0.6) is 0 Å². The number of unbranched alkanes of at least 4 members (excludes halogenated alkanes) is 10. The van der Waals surface area contributed by atoms with Crippen molar-refractivity contribution in [1.82, 2.24) is 6.15 Å². The molecule has 0 amide bonds. The molecule has 5 nitrogen and oxygen atoms in total. The van der Waals surface area contributed by atoms with Gasteiger partial charge in [0.15, 0.2) is 0 Å². The van der Waals surface area contributed by atoms with Crippen molar-refractivity contribution in [2.45, 2.75) is 90.9 Å². The largest absolute Gasteiger partial charge is 0.462 e. The van der Waals surface area contributed by atoms with Gasteiger partial charge in [-0.25, -0.2) is 9.59 Å². The molecule has 0 aromatic heterocycles. The summed E-state index contributed by atoms with van der Waals surface area (Å²) >= 11 is 0. The first-order valence-electron chi connectivity index (χ1n) is 11.1. The molecule has 0 atom stereocenters. The quantitative estimate of drug-likeness (QED) is 0.238. The molecule has 166 valence electrons.